The van der Waals surface area contributed by atoms with Gasteiger partial charge in [0.25, 0.3) is 0 Å². The number of anilines is 1. The van der Waals surface area contributed by atoms with Gasteiger partial charge in [-0.2, -0.15) is 0 Å². The molecule has 0 saturated heterocycles. The van der Waals surface area contributed by atoms with E-state index in [1.165, 1.54) is 5.56 Å². The lowest BCUT2D eigenvalue weighted by atomic mass is 10.1. The van der Waals surface area contributed by atoms with E-state index < -0.39 is 0 Å². The van der Waals surface area contributed by atoms with Gasteiger partial charge >= 0.3 is 0 Å². The second-order valence-corrected chi connectivity index (χ2v) is 2.91. The van der Waals surface area contributed by atoms with E-state index in [0.29, 0.717) is 6.73 Å². The number of ether oxygens (including phenoxy) is 1. The van der Waals surface area contributed by atoms with Gasteiger partial charge in [0.05, 0.1) is 0 Å². The number of nitrogens with one attached hydrogen (secondary N) is 1. The zero-order valence-corrected chi connectivity index (χ0v) is 8.47. The van der Waals surface area contributed by atoms with Gasteiger partial charge in [0.15, 0.2) is 0 Å². The fourth-order valence-electron chi connectivity index (χ4n) is 1.07. The lowest BCUT2D eigenvalue weighted by molar-refractivity contribution is 0.200. The Balaban J connectivity index is 2.46. The van der Waals surface area contributed by atoms with E-state index in [9.17, 15) is 0 Å². The van der Waals surface area contributed by atoms with Crippen molar-refractivity contribution in [1.29, 1.82) is 0 Å². The number of aryl methyl sites for hydroxylation is 1. The molecule has 0 unspecified atom stereocenters. The van der Waals surface area contributed by atoms with Crippen molar-refractivity contribution in [2.24, 2.45) is 0 Å². The van der Waals surface area contributed by atoms with Crippen molar-refractivity contribution < 1.29 is 4.74 Å². The Kier molecular flexibility index (Phi) is 4.65. The normalized spacial score (nSPS) is 10.0. The molecule has 1 aromatic rings. The Hall–Kier alpha value is -0.730. The molecule has 0 heterocycles. The van der Waals surface area contributed by atoms with Crippen LogP contribution in [0.2, 0.25) is 0 Å². The minimum Gasteiger partial charge on any atom is -0.363 e. The van der Waals surface area contributed by atoms with Gasteiger partial charge in [-0.3, -0.25) is 0 Å². The highest BCUT2D eigenvalue weighted by atomic mass is 35.5. The van der Waals surface area contributed by atoms with E-state index in [1.54, 1.807) is 0 Å². The van der Waals surface area contributed by atoms with E-state index in [1.807, 2.05) is 12.1 Å². The van der Waals surface area contributed by atoms with E-state index in [2.05, 4.69) is 24.4 Å². The van der Waals surface area contributed by atoms with Crippen molar-refractivity contribution in [3.05, 3.63) is 29.8 Å². The van der Waals surface area contributed by atoms with Crippen LogP contribution in [-0.2, 0) is 11.2 Å². The maximum absolute atomic E-state index is 5.36. The van der Waals surface area contributed by atoms with Gasteiger partial charge in [-0.05, 0) is 24.1 Å². The average Bonchev–Trinajstić information content (AvgIpc) is 2.19. The molecule has 0 aliphatic carbocycles. The molecule has 13 heavy (non-hydrogen) atoms. The summed E-state index contributed by atoms with van der Waals surface area (Å²) in [6.07, 6.45) is 1.05. The maximum Gasteiger partial charge on any atom is 0.123 e. The van der Waals surface area contributed by atoms with Gasteiger partial charge in [-0.1, -0.05) is 30.7 Å². The number of benzene rings is 1. The Morgan fingerprint density at radius 1 is 1.46 bits per heavy atom. The van der Waals surface area contributed by atoms with Gasteiger partial charge < -0.3 is 10.1 Å². The summed E-state index contributed by atoms with van der Waals surface area (Å²) >= 11 is 5.36. The highest BCUT2D eigenvalue weighted by Gasteiger charge is 1.92. The highest BCUT2D eigenvalue weighted by molar-refractivity contribution is 6.17. The molecule has 1 N–H and O–H groups in total. The van der Waals surface area contributed by atoms with Crippen molar-refractivity contribution >= 4 is 17.3 Å². The van der Waals surface area contributed by atoms with Crippen LogP contribution in [-0.4, -0.2) is 12.8 Å². The largest absolute Gasteiger partial charge is 0.363 e. The standard InChI is InChI=1S/C10H14ClNO/c1-2-9-4-3-5-10(6-9)12-8-13-7-11/h3-6,12H,2,7-8H2,1H3. The molecule has 1 aromatic carbocycles. The SMILES string of the molecule is CCc1cccc(NCOCCl)c1. The molecule has 0 amide bonds. The number of rotatable bonds is 5. The minimum atomic E-state index is 0.223. The molecule has 0 aliphatic rings. The van der Waals surface area contributed by atoms with Crippen molar-refractivity contribution in [2.75, 3.05) is 18.1 Å². The van der Waals surface area contributed by atoms with E-state index in [0.717, 1.165) is 12.1 Å². The van der Waals surface area contributed by atoms with Gasteiger partial charge in [0.1, 0.15) is 12.8 Å². The van der Waals surface area contributed by atoms with Crippen molar-refractivity contribution in [3.8, 4) is 0 Å². The summed E-state index contributed by atoms with van der Waals surface area (Å²) in [5.74, 6) is 0. The lowest BCUT2D eigenvalue weighted by Gasteiger charge is -2.06. The summed E-state index contributed by atoms with van der Waals surface area (Å²) in [6.45, 7) is 2.59. The van der Waals surface area contributed by atoms with Crippen molar-refractivity contribution in [3.63, 3.8) is 0 Å². The molecule has 0 aromatic heterocycles. The summed E-state index contributed by atoms with van der Waals surface area (Å²) in [5, 5.41) is 3.11. The van der Waals surface area contributed by atoms with Crippen molar-refractivity contribution in [1.82, 2.24) is 0 Å². The molecule has 0 spiro atoms. The molecule has 2 nitrogen and oxygen atoms in total. The van der Waals surface area contributed by atoms with Gasteiger partial charge in [0.2, 0.25) is 0 Å². The zero-order chi connectivity index (χ0) is 9.52. The van der Waals surface area contributed by atoms with E-state index in [-0.39, 0.29) is 6.07 Å². The van der Waals surface area contributed by atoms with Crippen LogP contribution in [0.15, 0.2) is 24.3 Å². The quantitative estimate of drug-likeness (QED) is 0.447. The lowest BCUT2D eigenvalue weighted by Crippen LogP contribution is -2.04. The smallest absolute Gasteiger partial charge is 0.123 e. The van der Waals surface area contributed by atoms with Gasteiger partial charge in [0, 0.05) is 5.69 Å². The first-order chi connectivity index (χ1) is 6.36. The first kappa shape index (κ1) is 10.4. The van der Waals surface area contributed by atoms with E-state index in [4.69, 9.17) is 16.3 Å². The second-order valence-electron chi connectivity index (χ2n) is 2.69. The maximum atomic E-state index is 5.36. The Bertz CT molecular complexity index is 252. The van der Waals surface area contributed by atoms with Crippen LogP contribution in [0.25, 0.3) is 0 Å². The third-order valence-corrected chi connectivity index (χ3v) is 1.95. The Morgan fingerprint density at radius 3 is 3.00 bits per heavy atom. The van der Waals surface area contributed by atoms with Crippen LogP contribution < -0.4 is 5.32 Å². The molecule has 0 radical (unpaired) electrons. The fourth-order valence-corrected chi connectivity index (χ4v) is 1.15. The van der Waals surface area contributed by atoms with Gasteiger partial charge in [-0.25, -0.2) is 0 Å². The molecule has 0 saturated carbocycles. The number of hydrogen-bond donors (Lipinski definition) is 1. The van der Waals surface area contributed by atoms with Crippen LogP contribution in [0.5, 0.6) is 0 Å². The monoisotopic (exact) mass is 199 g/mol. The molecule has 72 valence electrons. The van der Waals surface area contributed by atoms with E-state index >= 15 is 0 Å². The minimum absolute atomic E-state index is 0.223. The topological polar surface area (TPSA) is 21.3 Å². The molecule has 1 rings (SSSR count). The number of hydrogen-bond acceptors (Lipinski definition) is 2. The average molecular weight is 200 g/mol. The van der Waals surface area contributed by atoms with Crippen LogP contribution in [0.3, 0.4) is 0 Å². The second kappa shape index (κ2) is 5.84. The van der Waals surface area contributed by atoms with Crippen LogP contribution in [0.1, 0.15) is 12.5 Å². The summed E-state index contributed by atoms with van der Waals surface area (Å²) in [4.78, 5) is 0. The summed E-state index contributed by atoms with van der Waals surface area (Å²) in [5.41, 5.74) is 2.39. The Labute approximate surface area is 83.9 Å². The molecule has 0 atom stereocenters. The summed E-state index contributed by atoms with van der Waals surface area (Å²) < 4.78 is 4.97. The number of alkyl halides is 1. The molecular formula is C10H14ClNO. The first-order valence-corrected chi connectivity index (χ1v) is 4.86. The Morgan fingerprint density at radius 2 is 2.31 bits per heavy atom. The predicted molar refractivity (Wildman–Crippen MR) is 56.1 cm³/mol. The van der Waals surface area contributed by atoms with Crippen LogP contribution >= 0.6 is 11.6 Å². The molecular weight excluding hydrogens is 186 g/mol. The molecule has 0 bridgehead atoms. The highest BCUT2D eigenvalue weighted by Crippen LogP contribution is 2.10. The van der Waals surface area contributed by atoms with Crippen molar-refractivity contribution in [2.45, 2.75) is 13.3 Å². The predicted octanol–water partition coefficient (Wildman–Crippen LogP) is 2.83. The summed E-state index contributed by atoms with van der Waals surface area (Å²) in [6, 6.07) is 8.48. The summed E-state index contributed by atoms with van der Waals surface area (Å²) in [7, 11) is 0. The van der Waals surface area contributed by atoms with Gasteiger partial charge in [-0.15, -0.1) is 0 Å². The number of halogens is 1. The molecule has 0 fully saturated rings. The third kappa shape index (κ3) is 3.66. The van der Waals surface area contributed by atoms with Crippen LogP contribution in [0, 0.1) is 0 Å². The fraction of sp³-hybridized carbons (Fsp3) is 0.400. The van der Waals surface area contributed by atoms with Crippen LogP contribution in [0.4, 0.5) is 5.69 Å². The first-order valence-electron chi connectivity index (χ1n) is 4.33. The molecule has 0 aliphatic heterocycles. The zero-order valence-electron chi connectivity index (χ0n) is 7.72. The third-order valence-electron chi connectivity index (χ3n) is 1.79. The molecule has 3 heteroatoms.